The first-order valence-electron chi connectivity index (χ1n) is 5.27. The predicted molar refractivity (Wildman–Crippen MR) is 68.7 cm³/mol. The van der Waals surface area contributed by atoms with Gasteiger partial charge in [0.05, 0.1) is 6.04 Å². The van der Waals surface area contributed by atoms with Crippen LogP contribution in [0.15, 0.2) is 30.3 Å². The Morgan fingerprint density at radius 1 is 1.38 bits per heavy atom. The predicted octanol–water partition coefficient (Wildman–Crippen LogP) is 1.50. The molecule has 3 N–H and O–H groups in total. The monoisotopic (exact) mass is 242 g/mol. The molecule has 0 bridgehead atoms. The third-order valence-corrected chi connectivity index (χ3v) is 2.20. The van der Waals surface area contributed by atoms with E-state index in [1.165, 1.54) is 5.56 Å². The fourth-order valence-corrected chi connectivity index (χ4v) is 1.31. The third kappa shape index (κ3) is 5.73. The molecule has 3 nitrogen and oxygen atoms in total. The van der Waals surface area contributed by atoms with Crippen LogP contribution in [0, 0.1) is 0 Å². The Labute approximate surface area is 103 Å². The number of carbonyl (C=O) groups excluding carboxylic acids is 1. The maximum Gasteiger partial charge on any atom is 0.236 e. The number of amides is 1. The zero-order chi connectivity index (χ0) is 11.1. The van der Waals surface area contributed by atoms with E-state index in [1.54, 1.807) is 6.92 Å². The SMILES string of the molecule is CC(N)C(=O)NCCCc1ccccc1.Cl. The van der Waals surface area contributed by atoms with E-state index in [2.05, 4.69) is 17.4 Å². The molecule has 0 aliphatic heterocycles. The zero-order valence-corrected chi connectivity index (χ0v) is 10.3. The molecule has 1 amide bonds. The maximum atomic E-state index is 11.1. The first-order chi connectivity index (χ1) is 7.20. The Morgan fingerprint density at radius 3 is 2.56 bits per heavy atom. The highest BCUT2D eigenvalue weighted by Crippen LogP contribution is 2.01. The third-order valence-electron chi connectivity index (χ3n) is 2.20. The number of rotatable bonds is 5. The van der Waals surface area contributed by atoms with Crippen LogP contribution in [-0.4, -0.2) is 18.5 Å². The summed E-state index contributed by atoms with van der Waals surface area (Å²) in [5.74, 6) is -0.0805. The van der Waals surface area contributed by atoms with Gasteiger partial charge in [0.15, 0.2) is 0 Å². The van der Waals surface area contributed by atoms with Crippen LogP contribution in [0.3, 0.4) is 0 Å². The number of hydrogen-bond acceptors (Lipinski definition) is 2. The van der Waals surface area contributed by atoms with Crippen molar-refractivity contribution in [3.63, 3.8) is 0 Å². The highest BCUT2D eigenvalue weighted by Gasteiger charge is 2.04. The van der Waals surface area contributed by atoms with Gasteiger partial charge in [-0.2, -0.15) is 0 Å². The molecule has 0 aliphatic carbocycles. The lowest BCUT2D eigenvalue weighted by atomic mass is 10.1. The summed E-state index contributed by atoms with van der Waals surface area (Å²) in [6.45, 7) is 2.38. The lowest BCUT2D eigenvalue weighted by Gasteiger charge is -2.07. The van der Waals surface area contributed by atoms with Gasteiger partial charge in [-0.3, -0.25) is 4.79 Å². The lowest BCUT2D eigenvalue weighted by molar-refractivity contribution is -0.121. The largest absolute Gasteiger partial charge is 0.355 e. The fraction of sp³-hybridized carbons (Fsp3) is 0.417. The van der Waals surface area contributed by atoms with Crippen molar-refractivity contribution in [1.29, 1.82) is 0 Å². The van der Waals surface area contributed by atoms with Crippen LogP contribution in [0.25, 0.3) is 0 Å². The van der Waals surface area contributed by atoms with Gasteiger partial charge in [-0.15, -0.1) is 12.4 Å². The second kappa shape index (κ2) is 8.13. The molecule has 0 saturated heterocycles. The van der Waals surface area contributed by atoms with E-state index in [0.29, 0.717) is 6.54 Å². The highest BCUT2D eigenvalue weighted by atomic mass is 35.5. The van der Waals surface area contributed by atoms with Crippen molar-refractivity contribution in [3.8, 4) is 0 Å². The van der Waals surface area contributed by atoms with Gasteiger partial charge < -0.3 is 11.1 Å². The topological polar surface area (TPSA) is 55.1 Å². The molecule has 1 rings (SSSR count). The quantitative estimate of drug-likeness (QED) is 0.769. The molecule has 1 atom stereocenters. The van der Waals surface area contributed by atoms with E-state index in [1.807, 2.05) is 18.2 Å². The number of hydrogen-bond donors (Lipinski definition) is 2. The average Bonchev–Trinajstić information content (AvgIpc) is 2.25. The van der Waals surface area contributed by atoms with Gasteiger partial charge in [0.25, 0.3) is 0 Å². The zero-order valence-electron chi connectivity index (χ0n) is 9.48. The van der Waals surface area contributed by atoms with Gasteiger partial charge in [-0.1, -0.05) is 30.3 Å². The summed E-state index contributed by atoms with van der Waals surface area (Å²) >= 11 is 0. The Bertz CT molecular complexity index is 301. The number of aryl methyl sites for hydroxylation is 1. The number of halogens is 1. The molecule has 16 heavy (non-hydrogen) atoms. The summed E-state index contributed by atoms with van der Waals surface area (Å²) in [6.07, 6.45) is 1.93. The number of nitrogens with one attached hydrogen (secondary N) is 1. The molecule has 0 fully saturated rings. The van der Waals surface area contributed by atoms with Crippen molar-refractivity contribution >= 4 is 18.3 Å². The van der Waals surface area contributed by atoms with E-state index < -0.39 is 6.04 Å². The van der Waals surface area contributed by atoms with Crippen LogP contribution in [-0.2, 0) is 11.2 Å². The molecule has 0 spiro atoms. The number of benzene rings is 1. The number of nitrogens with two attached hydrogens (primary N) is 1. The van der Waals surface area contributed by atoms with E-state index >= 15 is 0 Å². The van der Waals surface area contributed by atoms with Gasteiger partial charge in [0, 0.05) is 6.54 Å². The minimum atomic E-state index is -0.415. The van der Waals surface area contributed by atoms with Crippen molar-refractivity contribution in [1.82, 2.24) is 5.32 Å². The summed E-state index contributed by atoms with van der Waals surface area (Å²) in [7, 11) is 0. The molecule has 0 radical (unpaired) electrons. The molecular formula is C12H19ClN2O. The van der Waals surface area contributed by atoms with Crippen molar-refractivity contribution in [3.05, 3.63) is 35.9 Å². The molecule has 0 aromatic heterocycles. The molecule has 1 aromatic carbocycles. The maximum absolute atomic E-state index is 11.1. The second-order valence-corrected chi connectivity index (χ2v) is 3.67. The van der Waals surface area contributed by atoms with Crippen LogP contribution in [0.1, 0.15) is 18.9 Å². The molecule has 0 saturated carbocycles. The summed E-state index contributed by atoms with van der Waals surface area (Å²) < 4.78 is 0. The summed E-state index contributed by atoms with van der Waals surface area (Å²) in [4.78, 5) is 11.1. The molecule has 4 heteroatoms. The second-order valence-electron chi connectivity index (χ2n) is 3.67. The first kappa shape index (κ1) is 14.9. The van der Waals surface area contributed by atoms with Crippen LogP contribution in [0.2, 0.25) is 0 Å². The van der Waals surface area contributed by atoms with Crippen LogP contribution >= 0.6 is 12.4 Å². The van der Waals surface area contributed by atoms with Crippen LogP contribution in [0.5, 0.6) is 0 Å². The van der Waals surface area contributed by atoms with Crippen LogP contribution in [0.4, 0.5) is 0 Å². The Morgan fingerprint density at radius 2 is 2.00 bits per heavy atom. The molecule has 1 aromatic rings. The van der Waals surface area contributed by atoms with Crippen molar-refractivity contribution in [2.75, 3.05) is 6.54 Å². The molecule has 0 aliphatic rings. The normalized spacial score (nSPS) is 11.4. The van der Waals surface area contributed by atoms with E-state index in [4.69, 9.17) is 5.73 Å². The lowest BCUT2D eigenvalue weighted by Crippen LogP contribution is -2.38. The fourth-order valence-electron chi connectivity index (χ4n) is 1.31. The summed E-state index contributed by atoms with van der Waals surface area (Å²) in [5, 5.41) is 2.79. The van der Waals surface area contributed by atoms with Gasteiger partial charge in [0.1, 0.15) is 0 Å². The van der Waals surface area contributed by atoms with E-state index in [0.717, 1.165) is 12.8 Å². The van der Waals surface area contributed by atoms with E-state index in [9.17, 15) is 4.79 Å². The molecule has 1 unspecified atom stereocenters. The van der Waals surface area contributed by atoms with Gasteiger partial charge in [-0.25, -0.2) is 0 Å². The van der Waals surface area contributed by atoms with Crippen molar-refractivity contribution in [2.24, 2.45) is 5.73 Å². The Balaban J connectivity index is 0.00000225. The van der Waals surface area contributed by atoms with Gasteiger partial charge in [-0.05, 0) is 25.3 Å². The standard InChI is InChI=1S/C12H18N2O.ClH/c1-10(13)12(15)14-9-5-8-11-6-3-2-4-7-11;/h2-4,6-7,10H,5,8-9,13H2,1H3,(H,14,15);1H. The number of carbonyl (C=O) groups is 1. The van der Waals surface area contributed by atoms with Crippen LogP contribution < -0.4 is 11.1 Å². The minimum absolute atomic E-state index is 0. The van der Waals surface area contributed by atoms with Gasteiger partial charge in [0.2, 0.25) is 5.91 Å². The average molecular weight is 243 g/mol. The summed E-state index contributed by atoms with van der Waals surface area (Å²) in [5.41, 5.74) is 6.72. The van der Waals surface area contributed by atoms with Crippen molar-refractivity contribution in [2.45, 2.75) is 25.8 Å². The Kier molecular flexibility index (Phi) is 7.60. The summed E-state index contributed by atoms with van der Waals surface area (Å²) in [6, 6.07) is 9.81. The highest BCUT2D eigenvalue weighted by molar-refractivity contribution is 5.85. The first-order valence-corrected chi connectivity index (χ1v) is 5.27. The van der Waals surface area contributed by atoms with Crippen molar-refractivity contribution < 1.29 is 4.79 Å². The van der Waals surface area contributed by atoms with E-state index in [-0.39, 0.29) is 18.3 Å². The molecule has 90 valence electrons. The molecule has 0 heterocycles. The molecular weight excluding hydrogens is 224 g/mol. The van der Waals surface area contributed by atoms with Gasteiger partial charge >= 0.3 is 0 Å². The smallest absolute Gasteiger partial charge is 0.236 e. The minimum Gasteiger partial charge on any atom is -0.355 e. The Hall–Kier alpha value is -1.06.